The van der Waals surface area contributed by atoms with E-state index in [4.69, 9.17) is 10.8 Å². The van der Waals surface area contributed by atoms with Crippen molar-refractivity contribution in [2.75, 3.05) is 5.73 Å². The zero-order valence-electron chi connectivity index (χ0n) is 7.36. The molecule has 72 valence electrons. The van der Waals surface area contributed by atoms with Crippen LogP contribution in [0.5, 0.6) is 0 Å². The highest BCUT2D eigenvalue weighted by atomic mass is 32.1. The van der Waals surface area contributed by atoms with Gasteiger partial charge < -0.3 is 10.8 Å². The van der Waals surface area contributed by atoms with Gasteiger partial charge in [0.05, 0.1) is 17.0 Å². The number of hydrogen-bond acceptors (Lipinski definition) is 4. The summed E-state index contributed by atoms with van der Waals surface area (Å²) in [6.45, 7) is -0.000123. The Hall–Kier alpha value is -1.39. The maximum absolute atomic E-state index is 10.6. The van der Waals surface area contributed by atoms with Crippen LogP contribution in [0.3, 0.4) is 0 Å². The number of carbonyl (C=O) groups is 1. The molecule has 2 aromatic rings. The summed E-state index contributed by atoms with van der Waals surface area (Å²) >= 11 is 1.45. The van der Waals surface area contributed by atoms with Crippen LogP contribution in [0.4, 0.5) is 5.69 Å². The number of nitrogen functional groups attached to an aromatic ring is 1. The van der Waals surface area contributed by atoms with Gasteiger partial charge >= 0.3 is 0 Å². The Balaban J connectivity index is 2.78. The molecule has 0 spiro atoms. The van der Waals surface area contributed by atoms with Crippen LogP contribution in [-0.4, -0.2) is 11.4 Å². The Morgan fingerprint density at radius 3 is 2.93 bits per heavy atom. The van der Waals surface area contributed by atoms with Crippen molar-refractivity contribution in [2.45, 2.75) is 6.61 Å². The number of aliphatic hydroxyl groups is 1. The number of nitrogens with two attached hydrogens (primary N) is 1. The van der Waals surface area contributed by atoms with Gasteiger partial charge in [-0.1, -0.05) is 6.07 Å². The summed E-state index contributed by atoms with van der Waals surface area (Å²) < 4.78 is 0.874. The van der Waals surface area contributed by atoms with Crippen molar-refractivity contribution in [1.29, 1.82) is 0 Å². The molecule has 0 aliphatic rings. The lowest BCUT2D eigenvalue weighted by Crippen LogP contribution is -1.92. The summed E-state index contributed by atoms with van der Waals surface area (Å²) in [7, 11) is 0. The molecule has 1 aromatic heterocycles. The van der Waals surface area contributed by atoms with Crippen LogP contribution in [-0.2, 0) is 6.61 Å². The average molecular weight is 207 g/mol. The Bertz CT molecular complexity index is 490. The van der Waals surface area contributed by atoms with Gasteiger partial charge in [0.15, 0.2) is 6.29 Å². The number of aldehydes is 1. The predicted molar refractivity (Wildman–Crippen MR) is 57.5 cm³/mol. The Labute approximate surface area is 84.8 Å². The highest BCUT2D eigenvalue weighted by Crippen LogP contribution is 2.32. The molecule has 3 nitrogen and oxygen atoms in total. The molecule has 1 heterocycles. The van der Waals surface area contributed by atoms with Gasteiger partial charge in [-0.25, -0.2) is 0 Å². The van der Waals surface area contributed by atoms with Crippen molar-refractivity contribution in [1.82, 2.24) is 0 Å². The lowest BCUT2D eigenvalue weighted by Gasteiger charge is -2.00. The largest absolute Gasteiger partial charge is 0.397 e. The summed E-state index contributed by atoms with van der Waals surface area (Å²) in [5, 5.41) is 11.8. The Morgan fingerprint density at radius 1 is 1.50 bits per heavy atom. The summed E-state index contributed by atoms with van der Waals surface area (Å²) in [6.07, 6.45) is 0.743. The van der Waals surface area contributed by atoms with E-state index in [0.717, 1.165) is 21.9 Å². The third kappa shape index (κ3) is 1.20. The topological polar surface area (TPSA) is 63.3 Å². The fraction of sp³-hybridized carbons (Fsp3) is 0.100. The van der Waals surface area contributed by atoms with Gasteiger partial charge in [-0.15, -0.1) is 11.3 Å². The molecule has 0 aliphatic carbocycles. The van der Waals surface area contributed by atoms with Crippen molar-refractivity contribution in [3.05, 3.63) is 28.6 Å². The SMILES string of the molecule is Nc1c(C=O)ccc2c(CO)csc12. The van der Waals surface area contributed by atoms with Gasteiger partial charge in [0.2, 0.25) is 0 Å². The molecule has 14 heavy (non-hydrogen) atoms. The van der Waals surface area contributed by atoms with E-state index in [9.17, 15) is 4.79 Å². The fourth-order valence-electron chi connectivity index (χ4n) is 1.41. The maximum atomic E-state index is 10.6. The number of thiophene rings is 1. The number of fused-ring (bicyclic) bond motifs is 1. The van der Waals surface area contributed by atoms with E-state index in [0.29, 0.717) is 11.3 Å². The second kappa shape index (κ2) is 3.40. The number of anilines is 1. The van der Waals surface area contributed by atoms with E-state index in [-0.39, 0.29) is 6.61 Å². The van der Waals surface area contributed by atoms with Gasteiger partial charge in [0.25, 0.3) is 0 Å². The van der Waals surface area contributed by atoms with E-state index >= 15 is 0 Å². The molecule has 1 aromatic carbocycles. The summed E-state index contributed by atoms with van der Waals surface area (Å²) in [4.78, 5) is 10.6. The third-order valence-electron chi connectivity index (χ3n) is 2.19. The minimum absolute atomic E-state index is 0.000123. The molecule has 0 saturated heterocycles. The minimum Gasteiger partial charge on any atom is -0.397 e. The zero-order chi connectivity index (χ0) is 10.1. The first-order valence-corrected chi connectivity index (χ1v) is 5.00. The highest BCUT2D eigenvalue weighted by Gasteiger charge is 2.08. The predicted octanol–water partition coefficient (Wildman–Crippen LogP) is 1.79. The monoisotopic (exact) mass is 207 g/mol. The van der Waals surface area contributed by atoms with Crippen molar-refractivity contribution >= 4 is 33.4 Å². The van der Waals surface area contributed by atoms with Gasteiger partial charge in [-0.2, -0.15) is 0 Å². The third-order valence-corrected chi connectivity index (χ3v) is 3.27. The van der Waals surface area contributed by atoms with Gasteiger partial charge in [0.1, 0.15) is 0 Å². The molecule has 4 heteroatoms. The van der Waals surface area contributed by atoms with E-state index in [1.165, 1.54) is 11.3 Å². The van der Waals surface area contributed by atoms with Crippen molar-refractivity contribution in [3.8, 4) is 0 Å². The first kappa shape index (κ1) is 9.18. The molecule has 3 N–H and O–H groups in total. The lowest BCUT2D eigenvalue weighted by atomic mass is 10.1. The summed E-state index contributed by atoms with van der Waals surface area (Å²) in [6, 6.07) is 3.49. The van der Waals surface area contributed by atoms with E-state index in [1.807, 2.05) is 11.4 Å². The average Bonchev–Trinajstić information content (AvgIpc) is 2.62. The smallest absolute Gasteiger partial charge is 0.152 e. The first-order valence-electron chi connectivity index (χ1n) is 4.12. The summed E-state index contributed by atoms with van der Waals surface area (Å²) in [5.74, 6) is 0. The Morgan fingerprint density at radius 2 is 2.29 bits per heavy atom. The summed E-state index contributed by atoms with van der Waals surface area (Å²) in [5.41, 5.74) is 7.66. The number of benzene rings is 1. The number of hydrogen-bond donors (Lipinski definition) is 2. The number of aliphatic hydroxyl groups excluding tert-OH is 1. The van der Waals surface area contributed by atoms with Gasteiger partial charge in [0, 0.05) is 10.9 Å². The van der Waals surface area contributed by atoms with Crippen LogP contribution in [0.1, 0.15) is 15.9 Å². The number of carbonyl (C=O) groups excluding carboxylic acids is 1. The minimum atomic E-state index is -0.000123. The normalized spacial score (nSPS) is 10.6. The second-order valence-corrected chi connectivity index (χ2v) is 3.86. The zero-order valence-corrected chi connectivity index (χ0v) is 8.17. The van der Waals surface area contributed by atoms with Crippen LogP contribution in [0.25, 0.3) is 10.1 Å². The van der Waals surface area contributed by atoms with E-state index < -0.39 is 0 Å². The van der Waals surface area contributed by atoms with E-state index in [1.54, 1.807) is 6.07 Å². The number of rotatable bonds is 2. The van der Waals surface area contributed by atoms with E-state index in [2.05, 4.69) is 0 Å². The van der Waals surface area contributed by atoms with Gasteiger partial charge in [-0.05, 0) is 17.0 Å². The molecule has 0 amide bonds. The molecule has 2 rings (SSSR count). The first-order chi connectivity index (χ1) is 6.77. The highest BCUT2D eigenvalue weighted by molar-refractivity contribution is 7.18. The van der Waals surface area contributed by atoms with Gasteiger partial charge in [-0.3, -0.25) is 4.79 Å². The van der Waals surface area contributed by atoms with Crippen LogP contribution in [0.2, 0.25) is 0 Å². The molecule has 0 atom stereocenters. The van der Waals surface area contributed by atoms with Crippen LogP contribution >= 0.6 is 11.3 Å². The molecule has 0 unspecified atom stereocenters. The molecule has 0 aliphatic heterocycles. The Kier molecular flexibility index (Phi) is 2.23. The quantitative estimate of drug-likeness (QED) is 0.583. The lowest BCUT2D eigenvalue weighted by molar-refractivity contribution is 0.112. The molecule has 0 fully saturated rings. The van der Waals surface area contributed by atoms with Crippen LogP contribution in [0.15, 0.2) is 17.5 Å². The molecular formula is C10H9NO2S. The van der Waals surface area contributed by atoms with Crippen LogP contribution in [0, 0.1) is 0 Å². The fourth-order valence-corrected chi connectivity index (χ4v) is 2.45. The van der Waals surface area contributed by atoms with Crippen molar-refractivity contribution in [2.24, 2.45) is 0 Å². The second-order valence-electron chi connectivity index (χ2n) is 2.98. The van der Waals surface area contributed by atoms with Crippen molar-refractivity contribution in [3.63, 3.8) is 0 Å². The molecule has 0 saturated carbocycles. The molecule has 0 bridgehead atoms. The van der Waals surface area contributed by atoms with Crippen molar-refractivity contribution < 1.29 is 9.90 Å². The molecule has 0 radical (unpaired) electrons. The molecular weight excluding hydrogens is 198 g/mol. The van der Waals surface area contributed by atoms with Crippen LogP contribution < -0.4 is 5.73 Å². The maximum Gasteiger partial charge on any atom is 0.152 e. The standard InChI is InChI=1S/C10H9NO2S/c11-9-6(3-12)1-2-8-7(4-13)5-14-10(8)9/h1-3,5,13H,4,11H2.